The third-order valence-corrected chi connectivity index (χ3v) is 7.31. The van der Waals surface area contributed by atoms with Gasteiger partial charge in [-0.1, -0.05) is 44.5 Å². The maximum atomic E-state index is 13.9. The number of aliphatic hydroxyl groups is 1. The van der Waals surface area contributed by atoms with Crippen molar-refractivity contribution in [2.75, 3.05) is 32.7 Å². The highest BCUT2D eigenvalue weighted by Crippen LogP contribution is 2.14. The number of hydrogen-bond acceptors (Lipinski definition) is 5. The molecule has 3 rings (SSSR count). The number of benzene rings is 2. The molecule has 0 aromatic heterocycles. The first-order valence-electron chi connectivity index (χ1n) is 13.9. The van der Waals surface area contributed by atoms with Crippen LogP contribution in [-0.2, 0) is 29.0 Å². The van der Waals surface area contributed by atoms with Crippen molar-refractivity contribution in [3.05, 3.63) is 70.8 Å². The van der Waals surface area contributed by atoms with Gasteiger partial charge < -0.3 is 20.6 Å². The van der Waals surface area contributed by atoms with Crippen molar-refractivity contribution in [2.24, 2.45) is 0 Å². The SMILES string of the molecule is CCCCN1CCN([C@H](C)C(=O)N[C@@H](Cc2cc(F)cc(F)c2)[C@@H](O)CNCc2cccc(CC)c2)CC1=O. The molecule has 1 fully saturated rings. The molecule has 0 radical (unpaired) electrons. The minimum absolute atomic E-state index is 0.00230. The van der Waals surface area contributed by atoms with Gasteiger partial charge in [0.05, 0.1) is 24.7 Å². The Morgan fingerprint density at radius 1 is 1.05 bits per heavy atom. The van der Waals surface area contributed by atoms with Crippen molar-refractivity contribution in [1.82, 2.24) is 20.4 Å². The van der Waals surface area contributed by atoms with Crippen molar-refractivity contribution in [3.63, 3.8) is 0 Å². The van der Waals surface area contributed by atoms with E-state index < -0.39 is 29.8 Å². The Balaban J connectivity index is 1.65. The Labute approximate surface area is 230 Å². The Morgan fingerprint density at radius 2 is 1.77 bits per heavy atom. The number of amides is 2. The summed E-state index contributed by atoms with van der Waals surface area (Å²) in [6.07, 6.45) is 1.90. The fourth-order valence-electron chi connectivity index (χ4n) is 4.84. The molecule has 0 unspecified atom stereocenters. The Bertz CT molecular complexity index is 1080. The average molecular weight is 545 g/mol. The predicted molar refractivity (Wildman–Crippen MR) is 148 cm³/mol. The molecule has 1 saturated heterocycles. The minimum Gasteiger partial charge on any atom is -0.390 e. The highest BCUT2D eigenvalue weighted by molar-refractivity contribution is 5.84. The molecule has 0 bridgehead atoms. The van der Waals surface area contributed by atoms with Crippen LogP contribution < -0.4 is 10.6 Å². The first-order chi connectivity index (χ1) is 18.7. The van der Waals surface area contributed by atoms with Gasteiger partial charge in [-0.15, -0.1) is 0 Å². The van der Waals surface area contributed by atoms with E-state index in [1.807, 2.05) is 21.9 Å². The smallest absolute Gasteiger partial charge is 0.237 e. The zero-order valence-electron chi connectivity index (χ0n) is 23.3. The van der Waals surface area contributed by atoms with Crippen LogP contribution in [0.2, 0.25) is 0 Å². The highest BCUT2D eigenvalue weighted by Gasteiger charge is 2.32. The maximum absolute atomic E-state index is 13.9. The molecule has 9 heteroatoms. The van der Waals surface area contributed by atoms with E-state index in [-0.39, 0.29) is 31.3 Å². The maximum Gasteiger partial charge on any atom is 0.237 e. The number of nitrogens with zero attached hydrogens (tertiary/aromatic N) is 2. The van der Waals surface area contributed by atoms with Crippen LogP contribution >= 0.6 is 0 Å². The number of aliphatic hydroxyl groups excluding tert-OH is 1. The van der Waals surface area contributed by atoms with E-state index in [0.29, 0.717) is 25.2 Å². The molecule has 1 aliphatic heterocycles. The number of aryl methyl sites for hydroxylation is 1. The average Bonchev–Trinajstić information content (AvgIpc) is 2.91. The number of unbranched alkanes of at least 4 members (excludes halogenated alkanes) is 1. The fourth-order valence-corrected chi connectivity index (χ4v) is 4.84. The predicted octanol–water partition coefficient (Wildman–Crippen LogP) is 3.04. The molecule has 214 valence electrons. The van der Waals surface area contributed by atoms with E-state index in [1.54, 1.807) is 6.92 Å². The van der Waals surface area contributed by atoms with Gasteiger partial charge in [-0.25, -0.2) is 8.78 Å². The van der Waals surface area contributed by atoms with Gasteiger partial charge in [0.1, 0.15) is 11.6 Å². The van der Waals surface area contributed by atoms with E-state index in [0.717, 1.165) is 37.4 Å². The number of nitrogens with one attached hydrogen (secondary N) is 2. The molecule has 0 aliphatic carbocycles. The normalized spacial score (nSPS) is 16.7. The second kappa shape index (κ2) is 15.1. The fraction of sp³-hybridized carbons (Fsp3) is 0.533. The molecule has 0 saturated carbocycles. The minimum atomic E-state index is -1.02. The van der Waals surface area contributed by atoms with Crippen molar-refractivity contribution < 1.29 is 23.5 Å². The van der Waals surface area contributed by atoms with E-state index >= 15 is 0 Å². The second-order valence-electron chi connectivity index (χ2n) is 10.3. The summed E-state index contributed by atoms with van der Waals surface area (Å²) in [5.41, 5.74) is 2.62. The Kier molecular flexibility index (Phi) is 11.8. The van der Waals surface area contributed by atoms with Gasteiger partial charge in [0.25, 0.3) is 0 Å². The Hall–Kier alpha value is -2.88. The molecular weight excluding hydrogens is 502 g/mol. The molecule has 7 nitrogen and oxygen atoms in total. The number of rotatable bonds is 14. The van der Waals surface area contributed by atoms with Gasteiger partial charge in [-0.3, -0.25) is 14.5 Å². The zero-order valence-corrected chi connectivity index (χ0v) is 23.3. The summed E-state index contributed by atoms with van der Waals surface area (Å²) >= 11 is 0. The zero-order chi connectivity index (χ0) is 28.4. The van der Waals surface area contributed by atoms with Gasteiger partial charge >= 0.3 is 0 Å². The van der Waals surface area contributed by atoms with Crippen molar-refractivity contribution >= 4 is 11.8 Å². The summed E-state index contributed by atoms with van der Waals surface area (Å²) in [5, 5.41) is 17.2. The van der Waals surface area contributed by atoms with Crippen LogP contribution in [0.3, 0.4) is 0 Å². The number of carbonyl (C=O) groups is 2. The van der Waals surface area contributed by atoms with Crippen LogP contribution in [0.1, 0.15) is 50.3 Å². The van der Waals surface area contributed by atoms with E-state index in [4.69, 9.17) is 0 Å². The summed E-state index contributed by atoms with van der Waals surface area (Å²) in [7, 11) is 0. The molecule has 3 N–H and O–H groups in total. The largest absolute Gasteiger partial charge is 0.390 e. The first kappa shape index (κ1) is 30.7. The molecule has 1 aliphatic rings. The molecule has 39 heavy (non-hydrogen) atoms. The number of carbonyl (C=O) groups excluding carboxylic acids is 2. The number of piperazine rings is 1. The number of hydrogen-bond donors (Lipinski definition) is 3. The topological polar surface area (TPSA) is 84.9 Å². The Morgan fingerprint density at radius 3 is 2.44 bits per heavy atom. The van der Waals surface area contributed by atoms with Crippen LogP contribution in [0.25, 0.3) is 0 Å². The van der Waals surface area contributed by atoms with Crippen LogP contribution in [0.5, 0.6) is 0 Å². The molecule has 1 heterocycles. The molecular formula is C30H42F2N4O3. The molecule has 0 spiro atoms. The lowest BCUT2D eigenvalue weighted by atomic mass is 10.00. The first-order valence-corrected chi connectivity index (χ1v) is 13.9. The van der Waals surface area contributed by atoms with Crippen LogP contribution in [0.15, 0.2) is 42.5 Å². The highest BCUT2D eigenvalue weighted by atomic mass is 19.1. The van der Waals surface area contributed by atoms with Gasteiger partial charge in [-0.2, -0.15) is 0 Å². The van der Waals surface area contributed by atoms with Gasteiger partial charge in [0, 0.05) is 38.8 Å². The van der Waals surface area contributed by atoms with Crippen molar-refractivity contribution in [1.29, 1.82) is 0 Å². The van der Waals surface area contributed by atoms with Gasteiger partial charge in [-0.05, 0) is 55.0 Å². The van der Waals surface area contributed by atoms with Crippen LogP contribution in [0.4, 0.5) is 8.78 Å². The summed E-state index contributed by atoms with van der Waals surface area (Å²) < 4.78 is 27.7. The third-order valence-electron chi connectivity index (χ3n) is 7.31. The van der Waals surface area contributed by atoms with E-state index in [9.17, 15) is 23.5 Å². The quantitative estimate of drug-likeness (QED) is 0.341. The van der Waals surface area contributed by atoms with Gasteiger partial charge in [0.15, 0.2) is 0 Å². The lowest BCUT2D eigenvalue weighted by molar-refractivity contribution is -0.139. The van der Waals surface area contributed by atoms with Crippen molar-refractivity contribution in [3.8, 4) is 0 Å². The van der Waals surface area contributed by atoms with Crippen LogP contribution in [0, 0.1) is 11.6 Å². The van der Waals surface area contributed by atoms with Crippen molar-refractivity contribution in [2.45, 2.75) is 71.2 Å². The summed E-state index contributed by atoms with van der Waals surface area (Å²) in [5.74, 6) is -1.78. The summed E-state index contributed by atoms with van der Waals surface area (Å²) in [6.45, 7) is 8.60. The lowest BCUT2D eigenvalue weighted by Gasteiger charge is -2.37. The standard InChI is InChI=1S/C30H42F2N4O3/c1-4-6-10-35-11-12-36(20-29(35)38)21(3)30(39)34-27(16-24-14-25(31)17-26(32)15-24)28(37)19-33-18-23-9-7-8-22(5-2)13-23/h7-9,13-15,17,21,27-28,33,37H,4-6,10-12,16,18-20H2,1-3H3,(H,34,39)/t21-,27+,28+/m1/s1. The van der Waals surface area contributed by atoms with Gasteiger partial charge in [0.2, 0.25) is 11.8 Å². The van der Waals surface area contributed by atoms with E-state index in [2.05, 4.69) is 36.6 Å². The molecule has 2 aromatic rings. The monoisotopic (exact) mass is 544 g/mol. The summed E-state index contributed by atoms with van der Waals surface area (Å²) in [6, 6.07) is 9.94. The number of halogens is 2. The third kappa shape index (κ3) is 9.37. The van der Waals surface area contributed by atoms with E-state index in [1.165, 1.54) is 17.7 Å². The lowest BCUT2D eigenvalue weighted by Crippen LogP contribution is -2.58. The summed E-state index contributed by atoms with van der Waals surface area (Å²) in [4.78, 5) is 29.5. The second-order valence-corrected chi connectivity index (χ2v) is 10.3. The molecule has 2 amide bonds. The molecule has 2 aromatic carbocycles. The molecule has 3 atom stereocenters. The van der Waals surface area contributed by atoms with Crippen LogP contribution in [-0.4, -0.2) is 77.6 Å².